The van der Waals surface area contributed by atoms with Gasteiger partial charge in [-0.25, -0.2) is 15.0 Å². The van der Waals surface area contributed by atoms with Crippen molar-refractivity contribution >= 4 is 28.0 Å². The minimum atomic E-state index is 0.596. The van der Waals surface area contributed by atoms with E-state index in [0.717, 1.165) is 54.0 Å². The topological polar surface area (TPSA) is 64.3 Å². The number of pyridine rings is 1. The highest BCUT2D eigenvalue weighted by molar-refractivity contribution is 6.05. The molecule has 0 radical (unpaired) electrons. The highest BCUT2D eigenvalue weighted by atomic mass is 16.5. The number of hydrogen-bond acceptors (Lipinski definition) is 6. The van der Waals surface area contributed by atoms with Gasteiger partial charge < -0.3 is 14.1 Å². The summed E-state index contributed by atoms with van der Waals surface area (Å²) in [6.45, 7) is 5.13. The molecule has 0 amide bonds. The van der Waals surface area contributed by atoms with Crippen molar-refractivity contribution in [1.82, 2.24) is 15.0 Å². The van der Waals surface area contributed by atoms with Crippen LogP contribution >= 0.6 is 0 Å². The van der Waals surface area contributed by atoms with Gasteiger partial charge in [0.15, 0.2) is 17.2 Å². The van der Waals surface area contributed by atoms with Crippen LogP contribution in [0.2, 0.25) is 0 Å². The van der Waals surface area contributed by atoms with E-state index in [1.165, 1.54) is 5.56 Å². The molecule has 1 aromatic carbocycles. The SMILES string of the molecule is CCCc1cccc(-c2nc(N3CCOCC3)c3oc4ncccc4c3n2)c1. The number of aryl methyl sites for hydroxylation is 1. The molecule has 0 saturated carbocycles. The molecule has 142 valence electrons. The molecule has 1 aliphatic rings. The molecule has 0 spiro atoms. The number of benzene rings is 1. The Morgan fingerprint density at radius 3 is 2.82 bits per heavy atom. The van der Waals surface area contributed by atoms with Crippen molar-refractivity contribution in [1.29, 1.82) is 0 Å². The Labute approximate surface area is 163 Å². The zero-order chi connectivity index (χ0) is 18.9. The maximum atomic E-state index is 6.07. The van der Waals surface area contributed by atoms with Gasteiger partial charge in [-0.15, -0.1) is 0 Å². The standard InChI is InChI=1S/C22H22N4O2/c1-2-5-15-6-3-7-16(14-15)20-24-18-17-8-4-9-23-22(17)28-19(18)21(25-20)26-10-12-27-13-11-26/h3-4,6-9,14H,2,5,10-13H2,1H3. The second kappa shape index (κ2) is 7.20. The lowest BCUT2D eigenvalue weighted by Crippen LogP contribution is -2.37. The molecule has 0 aliphatic carbocycles. The Morgan fingerprint density at radius 1 is 1.07 bits per heavy atom. The van der Waals surface area contributed by atoms with Gasteiger partial charge in [0, 0.05) is 24.8 Å². The first-order chi connectivity index (χ1) is 13.8. The van der Waals surface area contributed by atoms with Crippen molar-refractivity contribution < 1.29 is 9.15 Å². The van der Waals surface area contributed by atoms with E-state index in [2.05, 4.69) is 41.1 Å². The fraction of sp³-hybridized carbons (Fsp3) is 0.318. The lowest BCUT2D eigenvalue weighted by molar-refractivity contribution is 0.122. The number of rotatable bonds is 4. The van der Waals surface area contributed by atoms with E-state index in [1.54, 1.807) is 6.20 Å². The van der Waals surface area contributed by atoms with Crippen molar-refractivity contribution in [3.05, 3.63) is 48.2 Å². The molecule has 4 aromatic rings. The summed E-state index contributed by atoms with van der Waals surface area (Å²) in [6, 6.07) is 12.4. The summed E-state index contributed by atoms with van der Waals surface area (Å²) >= 11 is 0. The largest absolute Gasteiger partial charge is 0.432 e. The number of furan rings is 1. The molecule has 3 aromatic heterocycles. The van der Waals surface area contributed by atoms with Crippen molar-refractivity contribution in [3.8, 4) is 11.4 Å². The third-order valence-electron chi connectivity index (χ3n) is 5.11. The molecule has 0 bridgehead atoms. The fourth-order valence-electron chi connectivity index (χ4n) is 3.74. The number of fused-ring (bicyclic) bond motifs is 3. The van der Waals surface area contributed by atoms with Gasteiger partial charge >= 0.3 is 0 Å². The molecule has 5 rings (SSSR count). The zero-order valence-electron chi connectivity index (χ0n) is 15.9. The maximum Gasteiger partial charge on any atom is 0.229 e. The third kappa shape index (κ3) is 2.99. The quantitative estimate of drug-likeness (QED) is 0.533. The Kier molecular flexibility index (Phi) is 4.41. The van der Waals surface area contributed by atoms with Gasteiger partial charge in [0.2, 0.25) is 5.71 Å². The molecule has 0 atom stereocenters. The molecular formula is C22H22N4O2. The van der Waals surface area contributed by atoms with Gasteiger partial charge in [-0.3, -0.25) is 0 Å². The van der Waals surface area contributed by atoms with Crippen LogP contribution in [-0.4, -0.2) is 41.3 Å². The molecular weight excluding hydrogens is 352 g/mol. The van der Waals surface area contributed by atoms with E-state index in [9.17, 15) is 0 Å². The van der Waals surface area contributed by atoms with E-state index >= 15 is 0 Å². The summed E-state index contributed by atoms with van der Waals surface area (Å²) in [5.74, 6) is 1.54. The van der Waals surface area contributed by atoms with Gasteiger partial charge in [-0.2, -0.15) is 0 Å². The number of hydrogen-bond donors (Lipinski definition) is 0. The van der Waals surface area contributed by atoms with Crippen molar-refractivity contribution in [2.24, 2.45) is 0 Å². The predicted octanol–water partition coefficient (Wildman–Crippen LogP) is 4.23. The van der Waals surface area contributed by atoms with Crippen LogP contribution in [0.25, 0.3) is 33.6 Å². The predicted molar refractivity (Wildman–Crippen MR) is 110 cm³/mol. The van der Waals surface area contributed by atoms with Gasteiger partial charge in [0.05, 0.1) is 18.6 Å². The Hall–Kier alpha value is -2.99. The van der Waals surface area contributed by atoms with Crippen LogP contribution in [0.1, 0.15) is 18.9 Å². The first kappa shape index (κ1) is 17.1. The first-order valence-corrected chi connectivity index (χ1v) is 9.81. The number of ether oxygens (including phenoxy) is 1. The van der Waals surface area contributed by atoms with Gasteiger partial charge in [-0.05, 0) is 30.2 Å². The molecule has 1 aliphatic heterocycles. The fourth-order valence-corrected chi connectivity index (χ4v) is 3.74. The monoisotopic (exact) mass is 374 g/mol. The summed E-state index contributed by atoms with van der Waals surface area (Å²) < 4.78 is 11.6. The van der Waals surface area contributed by atoms with E-state index in [4.69, 9.17) is 19.1 Å². The molecule has 1 saturated heterocycles. The summed E-state index contributed by atoms with van der Waals surface area (Å²) in [7, 11) is 0. The number of anilines is 1. The highest BCUT2D eigenvalue weighted by Crippen LogP contribution is 2.34. The second-order valence-corrected chi connectivity index (χ2v) is 7.06. The van der Waals surface area contributed by atoms with E-state index < -0.39 is 0 Å². The molecule has 0 N–H and O–H groups in total. The molecule has 1 fully saturated rings. The van der Waals surface area contributed by atoms with Gasteiger partial charge in [0.1, 0.15) is 5.52 Å². The van der Waals surface area contributed by atoms with Crippen molar-refractivity contribution in [3.63, 3.8) is 0 Å². The normalized spacial score (nSPS) is 14.8. The molecule has 0 unspecified atom stereocenters. The summed E-state index contributed by atoms with van der Waals surface area (Å²) in [5.41, 5.74) is 4.44. The Morgan fingerprint density at radius 2 is 1.96 bits per heavy atom. The van der Waals surface area contributed by atoms with E-state index in [-0.39, 0.29) is 0 Å². The lowest BCUT2D eigenvalue weighted by Gasteiger charge is -2.27. The van der Waals surface area contributed by atoms with Crippen LogP contribution in [-0.2, 0) is 11.2 Å². The molecule has 28 heavy (non-hydrogen) atoms. The van der Waals surface area contributed by atoms with E-state index in [1.807, 2.05) is 12.1 Å². The maximum absolute atomic E-state index is 6.07. The van der Waals surface area contributed by atoms with Crippen LogP contribution in [0, 0.1) is 0 Å². The van der Waals surface area contributed by atoms with Crippen LogP contribution in [0.3, 0.4) is 0 Å². The average Bonchev–Trinajstić information content (AvgIpc) is 3.13. The van der Waals surface area contributed by atoms with E-state index in [0.29, 0.717) is 24.5 Å². The number of morpholine rings is 1. The van der Waals surface area contributed by atoms with Crippen LogP contribution in [0.15, 0.2) is 47.0 Å². The van der Waals surface area contributed by atoms with Crippen LogP contribution < -0.4 is 4.90 Å². The Balaban J connectivity index is 1.73. The second-order valence-electron chi connectivity index (χ2n) is 7.06. The van der Waals surface area contributed by atoms with Crippen molar-refractivity contribution in [2.45, 2.75) is 19.8 Å². The summed E-state index contributed by atoms with van der Waals surface area (Å²) in [4.78, 5) is 16.4. The first-order valence-electron chi connectivity index (χ1n) is 9.81. The highest BCUT2D eigenvalue weighted by Gasteiger charge is 2.22. The number of aromatic nitrogens is 3. The smallest absolute Gasteiger partial charge is 0.229 e. The molecule has 4 heterocycles. The lowest BCUT2D eigenvalue weighted by atomic mass is 10.1. The molecule has 6 nitrogen and oxygen atoms in total. The van der Waals surface area contributed by atoms with Crippen LogP contribution in [0.5, 0.6) is 0 Å². The minimum Gasteiger partial charge on any atom is -0.432 e. The average molecular weight is 374 g/mol. The Bertz CT molecular complexity index is 1130. The van der Waals surface area contributed by atoms with Gasteiger partial charge in [0.25, 0.3) is 0 Å². The zero-order valence-corrected chi connectivity index (χ0v) is 15.9. The minimum absolute atomic E-state index is 0.596. The van der Waals surface area contributed by atoms with Crippen molar-refractivity contribution in [2.75, 3.05) is 31.2 Å². The number of nitrogens with zero attached hydrogens (tertiary/aromatic N) is 4. The summed E-state index contributed by atoms with van der Waals surface area (Å²) in [6.07, 6.45) is 3.90. The van der Waals surface area contributed by atoms with Gasteiger partial charge in [-0.1, -0.05) is 31.5 Å². The molecule has 6 heteroatoms. The van der Waals surface area contributed by atoms with Crippen LogP contribution in [0.4, 0.5) is 5.82 Å². The third-order valence-corrected chi connectivity index (χ3v) is 5.11. The summed E-state index contributed by atoms with van der Waals surface area (Å²) in [5, 5.41) is 0.917.